The minimum absolute atomic E-state index is 0.167. The number of fused-ring (bicyclic) bond motifs is 3. The van der Waals surface area contributed by atoms with Gasteiger partial charge in [0.05, 0.1) is 12.9 Å². The number of ether oxygens (including phenoxy) is 1. The van der Waals surface area contributed by atoms with E-state index in [0.717, 1.165) is 46.8 Å². The lowest BCUT2D eigenvalue weighted by Gasteiger charge is -2.18. The van der Waals surface area contributed by atoms with Gasteiger partial charge < -0.3 is 4.74 Å². The van der Waals surface area contributed by atoms with Crippen molar-refractivity contribution in [3.63, 3.8) is 0 Å². The number of hydrazine groups is 1. The summed E-state index contributed by atoms with van der Waals surface area (Å²) in [7, 11) is 1.57. The first kappa shape index (κ1) is 22.2. The highest BCUT2D eigenvalue weighted by atomic mass is 32.2. The fourth-order valence-electron chi connectivity index (χ4n) is 4.06. The lowest BCUT2D eigenvalue weighted by molar-refractivity contribution is -0.119. The number of aryl methyl sites for hydroxylation is 1. The van der Waals surface area contributed by atoms with Crippen molar-refractivity contribution >= 4 is 45.1 Å². The Morgan fingerprint density at radius 3 is 2.67 bits per heavy atom. The van der Waals surface area contributed by atoms with Crippen LogP contribution in [0.15, 0.2) is 29.3 Å². The average molecular weight is 483 g/mol. The molecule has 9 heteroatoms. The van der Waals surface area contributed by atoms with Crippen LogP contribution in [0.5, 0.6) is 5.75 Å². The monoisotopic (exact) mass is 482 g/mol. The molecule has 1 aromatic carbocycles. The van der Waals surface area contributed by atoms with Crippen molar-refractivity contribution in [2.45, 2.75) is 50.0 Å². The number of aromatic nitrogens is 2. The van der Waals surface area contributed by atoms with E-state index in [1.807, 2.05) is 0 Å². The van der Waals surface area contributed by atoms with Gasteiger partial charge in [-0.1, -0.05) is 18.7 Å². The zero-order valence-electron chi connectivity index (χ0n) is 18.6. The zero-order chi connectivity index (χ0) is 22.9. The third-order valence-corrected chi connectivity index (χ3v) is 8.21. The first-order chi connectivity index (χ1) is 16.0. The molecule has 33 heavy (non-hydrogen) atoms. The first-order valence-electron chi connectivity index (χ1n) is 11.2. The number of hydrogen-bond acceptors (Lipinski definition) is 7. The van der Waals surface area contributed by atoms with Crippen molar-refractivity contribution in [3.8, 4) is 5.75 Å². The highest BCUT2D eigenvalue weighted by molar-refractivity contribution is 8.00. The van der Waals surface area contributed by atoms with Crippen molar-refractivity contribution in [1.82, 2.24) is 20.8 Å². The molecule has 2 aliphatic carbocycles. The molecule has 0 aliphatic heterocycles. The lowest BCUT2D eigenvalue weighted by atomic mass is 9.89. The number of carbonyl (C=O) groups is 2. The summed E-state index contributed by atoms with van der Waals surface area (Å²) in [4.78, 5) is 37.0. The van der Waals surface area contributed by atoms with E-state index < -0.39 is 0 Å². The van der Waals surface area contributed by atoms with Gasteiger partial charge in [-0.15, -0.1) is 11.3 Å². The molecule has 5 rings (SSSR count). The van der Waals surface area contributed by atoms with E-state index >= 15 is 0 Å². The van der Waals surface area contributed by atoms with Crippen LogP contribution >= 0.6 is 23.1 Å². The minimum atomic E-state index is -0.377. The van der Waals surface area contributed by atoms with Crippen LogP contribution in [0, 0.1) is 5.92 Å². The van der Waals surface area contributed by atoms with E-state index in [0.29, 0.717) is 23.1 Å². The number of thiophene rings is 1. The molecule has 2 aliphatic rings. The molecule has 1 atom stereocenters. The number of methoxy groups -OCH3 is 1. The normalized spacial score (nSPS) is 17.5. The van der Waals surface area contributed by atoms with Gasteiger partial charge in [0.1, 0.15) is 21.4 Å². The molecule has 2 N–H and O–H groups in total. The first-order valence-corrected chi connectivity index (χ1v) is 13.0. The SMILES string of the molecule is COc1ccc(C(=O)NNC(=O)CSc2nc(C3CC3)nc3sc4c(c23)CC[C@H](C)C4)cc1. The van der Waals surface area contributed by atoms with Gasteiger partial charge in [-0.2, -0.15) is 0 Å². The summed E-state index contributed by atoms with van der Waals surface area (Å²) in [6, 6.07) is 6.69. The zero-order valence-corrected chi connectivity index (χ0v) is 20.3. The third kappa shape index (κ3) is 4.84. The molecule has 2 heterocycles. The number of hydrogen-bond donors (Lipinski definition) is 2. The minimum Gasteiger partial charge on any atom is -0.497 e. The Bertz CT molecular complexity index is 1200. The maximum atomic E-state index is 12.5. The molecule has 0 bridgehead atoms. The highest BCUT2D eigenvalue weighted by Crippen LogP contribution is 2.44. The topological polar surface area (TPSA) is 93.2 Å². The number of nitrogens with zero attached hydrogens (tertiary/aromatic N) is 2. The van der Waals surface area contributed by atoms with E-state index in [-0.39, 0.29) is 17.6 Å². The number of thioether (sulfide) groups is 1. The van der Waals surface area contributed by atoms with Crippen LogP contribution in [0.25, 0.3) is 10.2 Å². The van der Waals surface area contributed by atoms with Gasteiger partial charge in [-0.05, 0) is 67.9 Å². The Morgan fingerprint density at radius 2 is 1.94 bits per heavy atom. The third-order valence-electron chi connectivity index (χ3n) is 6.09. The van der Waals surface area contributed by atoms with E-state index in [9.17, 15) is 9.59 Å². The number of nitrogens with one attached hydrogen (secondary N) is 2. The van der Waals surface area contributed by atoms with E-state index in [4.69, 9.17) is 14.7 Å². The summed E-state index contributed by atoms with van der Waals surface area (Å²) in [5.74, 6) is 2.22. The number of carbonyl (C=O) groups excluding carboxylic acids is 2. The van der Waals surface area contributed by atoms with Crippen molar-refractivity contribution < 1.29 is 14.3 Å². The van der Waals surface area contributed by atoms with Gasteiger partial charge in [-0.25, -0.2) is 9.97 Å². The number of rotatable bonds is 6. The Morgan fingerprint density at radius 1 is 1.15 bits per heavy atom. The molecule has 0 saturated heterocycles. The molecule has 7 nitrogen and oxygen atoms in total. The fourth-order valence-corrected chi connectivity index (χ4v) is 6.38. The Balaban J connectivity index is 1.27. The van der Waals surface area contributed by atoms with E-state index in [1.54, 1.807) is 42.7 Å². The average Bonchev–Trinajstić information content (AvgIpc) is 3.61. The van der Waals surface area contributed by atoms with Crippen LogP contribution in [-0.4, -0.2) is 34.6 Å². The number of amides is 2. The van der Waals surface area contributed by atoms with Crippen LogP contribution in [0.1, 0.15) is 58.7 Å². The van der Waals surface area contributed by atoms with Crippen molar-refractivity contribution in [3.05, 3.63) is 46.1 Å². The predicted octanol–water partition coefficient (Wildman–Crippen LogP) is 4.26. The van der Waals surface area contributed by atoms with Gasteiger partial charge in [0.2, 0.25) is 5.91 Å². The molecular weight excluding hydrogens is 456 g/mol. The van der Waals surface area contributed by atoms with Crippen LogP contribution < -0.4 is 15.6 Å². The molecule has 3 aromatic rings. The molecule has 2 amide bonds. The Hall–Kier alpha value is -2.65. The van der Waals surface area contributed by atoms with Gasteiger partial charge >= 0.3 is 0 Å². The molecule has 1 saturated carbocycles. The van der Waals surface area contributed by atoms with Crippen LogP contribution in [0.2, 0.25) is 0 Å². The van der Waals surface area contributed by atoms with Crippen LogP contribution in [0.4, 0.5) is 0 Å². The van der Waals surface area contributed by atoms with E-state index in [2.05, 4.69) is 17.8 Å². The summed E-state index contributed by atoms with van der Waals surface area (Å²) in [5.41, 5.74) is 6.79. The van der Waals surface area contributed by atoms with Crippen molar-refractivity contribution in [1.29, 1.82) is 0 Å². The summed E-state index contributed by atoms with van der Waals surface area (Å²) in [6.07, 6.45) is 5.58. The van der Waals surface area contributed by atoms with Crippen molar-refractivity contribution in [2.24, 2.45) is 5.92 Å². The Kier molecular flexibility index (Phi) is 6.25. The molecule has 1 fully saturated rings. The van der Waals surface area contributed by atoms with Gasteiger partial charge in [0.25, 0.3) is 5.91 Å². The summed E-state index contributed by atoms with van der Waals surface area (Å²) < 4.78 is 5.10. The van der Waals surface area contributed by atoms with E-state index in [1.165, 1.54) is 28.6 Å². The Labute approximate surface area is 200 Å². The maximum absolute atomic E-state index is 12.5. The molecule has 0 spiro atoms. The molecule has 0 unspecified atom stereocenters. The van der Waals surface area contributed by atoms with Crippen LogP contribution in [-0.2, 0) is 17.6 Å². The number of benzene rings is 1. The quantitative estimate of drug-likeness (QED) is 0.310. The van der Waals surface area contributed by atoms with Gasteiger partial charge in [0.15, 0.2) is 0 Å². The maximum Gasteiger partial charge on any atom is 0.269 e. The predicted molar refractivity (Wildman–Crippen MR) is 130 cm³/mol. The van der Waals surface area contributed by atoms with Crippen molar-refractivity contribution in [2.75, 3.05) is 12.9 Å². The molecule has 0 radical (unpaired) electrons. The molecule has 172 valence electrons. The van der Waals surface area contributed by atoms with Gasteiger partial charge in [0, 0.05) is 21.7 Å². The van der Waals surface area contributed by atoms with Gasteiger partial charge in [-0.3, -0.25) is 20.4 Å². The highest BCUT2D eigenvalue weighted by Gasteiger charge is 2.30. The largest absolute Gasteiger partial charge is 0.497 e. The fraction of sp³-hybridized carbons (Fsp3) is 0.417. The second kappa shape index (κ2) is 9.30. The lowest BCUT2D eigenvalue weighted by Crippen LogP contribution is -2.42. The standard InChI is InChI=1S/C24H26N4O3S2/c1-13-3-10-17-18(11-13)33-24-20(17)23(25-21(26-24)14-4-5-14)32-12-19(29)27-28-22(30)15-6-8-16(31-2)9-7-15/h6-9,13-14H,3-5,10-12H2,1-2H3,(H,27,29)(H,28,30)/t13-/m0/s1. The summed E-state index contributed by atoms with van der Waals surface area (Å²) in [5, 5.41) is 2.02. The second-order valence-electron chi connectivity index (χ2n) is 8.71. The summed E-state index contributed by atoms with van der Waals surface area (Å²) in [6.45, 7) is 2.30. The molecule has 2 aromatic heterocycles. The smallest absolute Gasteiger partial charge is 0.269 e. The summed E-state index contributed by atoms with van der Waals surface area (Å²) >= 11 is 3.22. The second-order valence-corrected chi connectivity index (χ2v) is 10.8. The molecular formula is C24H26N4O3S2. The van der Waals surface area contributed by atoms with Crippen LogP contribution in [0.3, 0.4) is 0 Å².